The Labute approximate surface area is 144 Å². The van der Waals surface area contributed by atoms with Crippen LogP contribution < -0.4 is 5.32 Å². The number of carbonyl (C=O) groups excluding carboxylic acids is 2. The van der Waals surface area contributed by atoms with Crippen LogP contribution in [0.5, 0.6) is 0 Å². The van der Waals surface area contributed by atoms with Crippen molar-refractivity contribution in [3.63, 3.8) is 0 Å². The Kier molecular flexibility index (Phi) is 14.9. The second-order valence-corrected chi connectivity index (χ2v) is 6.37. The number of hydrogen-bond acceptors (Lipinski definition) is 5. The average Bonchev–Trinajstić information content (AvgIpc) is 2.55. The summed E-state index contributed by atoms with van der Waals surface area (Å²) in [6.45, 7) is 9.22. The van der Waals surface area contributed by atoms with Gasteiger partial charge in [-0.05, 0) is 12.8 Å². The number of alkyl carbamates (subject to hydrolysis) is 1. The predicted molar refractivity (Wildman–Crippen MR) is 95.8 cm³/mol. The maximum atomic E-state index is 11.5. The van der Waals surface area contributed by atoms with E-state index in [1.54, 1.807) is 0 Å². The quantitative estimate of drug-likeness (QED) is 0.294. The number of unbranched alkanes of at least 4 members (excludes halogenated alkanes) is 4. The first-order chi connectivity index (χ1) is 11.1. The maximum absolute atomic E-state index is 11.5. The monoisotopic (exact) mass is 345 g/mol. The van der Waals surface area contributed by atoms with Crippen molar-refractivity contribution in [2.45, 2.75) is 52.4 Å². The van der Waals surface area contributed by atoms with Gasteiger partial charge in [-0.15, -0.1) is 0 Å². The topological polar surface area (TPSA) is 64.6 Å². The van der Waals surface area contributed by atoms with E-state index < -0.39 is 0 Å². The first kappa shape index (κ1) is 21.8. The minimum Gasteiger partial charge on any atom is -0.462 e. The lowest BCUT2D eigenvalue weighted by Crippen LogP contribution is -2.26. The maximum Gasteiger partial charge on any atom is 0.407 e. The number of thioether (sulfide) groups is 1. The van der Waals surface area contributed by atoms with Crippen LogP contribution in [0.15, 0.2) is 12.2 Å². The lowest BCUT2D eigenvalue weighted by atomic mass is 10.1. The molecule has 0 aliphatic rings. The fraction of sp³-hybridized carbons (Fsp3) is 0.765. The first-order valence-corrected chi connectivity index (χ1v) is 9.60. The van der Waals surface area contributed by atoms with Crippen LogP contribution in [0, 0.1) is 0 Å². The SMILES string of the molecule is C=C(CSCCOC(=O)NCCCCCCC)C(=O)OCCC. The number of carbonyl (C=O) groups is 2. The Hall–Kier alpha value is -1.17. The van der Waals surface area contributed by atoms with Crippen molar-refractivity contribution in [2.24, 2.45) is 0 Å². The Morgan fingerprint density at radius 2 is 1.74 bits per heavy atom. The third kappa shape index (κ3) is 14.2. The van der Waals surface area contributed by atoms with Gasteiger partial charge in [-0.25, -0.2) is 9.59 Å². The number of esters is 1. The molecule has 0 rings (SSSR count). The minimum atomic E-state index is -0.373. The summed E-state index contributed by atoms with van der Waals surface area (Å²) in [5.41, 5.74) is 0.444. The van der Waals surface area contributed by atoms with Crippen LogP contribution in [0.3, 0.4) is 0 Å². The molecule has 6 heteroatoms. The zero-order valence-electron chi connectivity index (χ0n) is 14.5. The molecule has 5 nitrogen and oxygen atoms in total. The molecule has 0 aromatic rings. The third-order valence-electron chi connectivity index (χ3n) is 3.01. The van der Waals surface area contributed by atoms with Gasteiger partial charge in [0.05, 0.1) is 6.61 Å². The van der Waals surface area contributed by atoms with Crippen molar-refractivity contribution in [1.82, 2.24) is 5.32 Å². The minimum absolute atomic E-state index is 0.323. The van der Waals surface area contributed by atoms with Gasteiger partial charge in [0.25, 0.3) is 0 Å². The highest BCUT2D eigenvalue weighted by Gasteiger charge is 2.08. The summed E-state index contributed by atoms with van der Waals surface area (Å²) in [7, 11) is 0. The molecule has 0 atom stereocenters. The Morgan fingerprint density at radius 3 is 2.43 bits per heavy atom. The van der Waals surface area contributed by atoms with E-state index in [4.69, 9.17) is 9.47 Å². The van der Waals surface area contributed by atoms with Gasteiger partial charge < -0.3 is 14.8 Å². The molecule has 0 spiro atoms. The first-order valence-electron chi connectivity index (χ1n) is 8.45. The van der Waals surface area contributed by atoms with Gasteiger partial charge in [0.15, 0.2) is 0 Å². The van der Waals surface area contributed by atoms with Crippen LogP contribution >= 0.6 is 11.8 Å². The summed E-state index contributed by atoms with van der Waals surface area (Å²) in [5.74, 6) is 0.774. The summed E-state index contributed by atoms with van der Waals surface area (Å²) < 4.78 is 10.0. The third-order valence-corrected chi connectivity index (χ3v) is 4.02. The number of amides is 1. The van der Waals surface area contributed by atoms with Gasteiger partial charge in [-0.2, -0.15) is 11.8 Å². The predicted octanol–water partition coefficient (Wildman–Crippen LogP) is 3.93. The molecular formula is C17H31NO4S. The van der Waals surface area contributed by atoms with Crippen molar-refractivity contribution >= 4 is 23.8 Å². The van der Waals surface area contributed by atoms with Gasteiger partial charge in [0.2, 0.25) is 0 Å². The normalized spacial score (nSPS) is 10.2. The van der Waals surface area contributed by atoms with Crippen LogP contribution in [0.2, 0.25) is 0 Å². The van der Waals surface area contributed by atoms with Crippen LogP contribution in [-0.4, -0.2) is 43.3 Å². The molecule has 134 valence electrons. The smallest absolute Gasteiger partial charge is 0.407 e. The van der Waals surface area contributed by atoms with E-state index in [1.807, 2.05) is 6.92 Å². The molecule has 0 heterocycles. The van der Waals surface area contributed by atoms with Crippen LogP contribution in [-0.2, 0) is 14.3 Å². The second-order valence-electron chi connectivity index (χ2n) is 5.27. The zero-order chi connectivity index (χ0) is 17.3. The molecule has 0 saturated heterocycles. The molecular weight excluding hydrogens is 314 g/mol. The fourth-order valence-corrected chi connectivity index (χ4v) is 2.42. The van der Waals surface area contributed by atoms with E-state index in [0.717, 1.165) is 19.3 Å². The van der Waals surface area contributed by atoms with Crippen molar-refractivity contribution in [1.29, 1.82) is 0 Å². The van der Waals surface area contributed by atoms with Crippen LogP contribution in [0.1, 0.15) is 52.4 Å². The molecule has 0 aromatic heterocycles. The van der Waals surface area contributed by atoms with Crippen LogP contribution in [0.4, 0.5) is 4.79 Å². The Balaban J connectivity index is 3.44. The number of hydrogen-bond donors (Lipinski definition) is 1. The summed E-state index contributed by atoms with van der Waals surface area (Å²) in [6.07, 6.45) is 6.24. The number of ether oxygens (including phenoxy) is 2. The lowest BCUT2D eigenvalue weighted by molar-refractivity contribution is -0.138. The fourth-order valence-electron chi connectivity index (χ4n) is 1.71. The van der Waals surface area contributed by atoms with E-state index in [0.29, 0.717) is 36.8 Å². The van der Waals surface area contributed by atoms with E-state index in [9.17, 15) is 9.59 Å². The molecule has 0 saturated carbocycles. The summed E-state index contributed by atoms with van der Waals surface area (Å²) in [6, 6.07) is 0. The van der Waals surface area contributed by atoms with Crippen molar-refractivity contribution in [3.8, 4) is 0 Å². The largest absolute Gasteiger partial charge is 0.462 e. The Morgan fingerprint density at radius 1 is 1.00 bits per heavy atom. The summed E-state index contributed by atoms with van der Waals surface area (Å²) >= 11 is 1.50. The summed E-state index contributed by atoms with van der Waals surface area (Å²) in [5, 5.41) is 2.74. The number of rotatable bonds is 14. The van der Waals surface area contributed by atoms with Gasteiger partial charge in [0.1, 0.15) is 6.61 Å². The zero-order valence-corrected chi connectivity index (χ0v) is 15.3. The molecule has 0 aliphatic carbocycles. The molecule has 0 aromatic carbocycles. The summed E-state index contributed by atoms with van der Waals surface area (Å²) in [4.78, 5) is 22.9. The molecule has 0 aliphatic heterocycles. The van der Waals surface area contributed by atoms with Crippen LogP contribution in [0.25, 0.3) is 0 Å². The highest BCUT2D eigenvalue weighted by molar-refractivity contribution is 7.99. The van der Waals surface area contributed by atoms with Gasteiger partial charge in [-0.1, -0.05) is 46.1 Å². The lowest BCUT2D eigenvalue weighted by Gasteiger charge is -2.08. The molecule has 0 bridgehead atoms. The molecule has 0 unspecified atom stereocenters. The van der Waals surface area contributed by atoms with Gasteiger partial charge in [0, 0.05) is 23.6 Å². The van der Waals surface area contributed by atoms with E-state index >= 15 is 0 Å². The van der Waals surface area contributed by atoms with Crippen molar-refractivity contribution in [3.05, 3.63) is 12.2 Å². The van der Waals surface area contributed by atoms with Crippen molar-refractivity contribution in [2.75, 3.05) is 31.3 Å². The van der Waals surface area contributed by atoms with E-state index in [1.165, 1.54) is 31.0 Å². The van der Waals surface area contributed by atoms with Crippen molar-refractivity contribution < 1.29 is 19.1 Å². The van der Waals surface area contributed by atoms with Gasteiger partial charge in [-0.3, -0.25) is 0 Å². The molecule has 0 radical (unpaired) electrons. The van der Waals surface area contributed by atoms with E-state index in [-0.39, 0.29) is 12.1 Å². The highest BCUT2D eigenvalue weighted by Crippen LogP contribution is 2.08. The van der Waals surface area contributed by atoms with Gasteiger partial charge >= 0.3 is 12.1 Å². The standard InChI is InChI=1S/C17H31NO4S/c1-4-6-7-8-9-10-18-17(20)22-12-13-23-14-15(3)16(19)21-11-5-2/h3-14H2,1-2H3,(H,18,20). The molecule has 1 amide bonds. The molecule has 0 fully saturated rings. The second kappa shape index (κ2) is 15.7. The van der Waals surface area contributed by atoms with E-state index in [2.05, 4.69) is 18.8 Å². The highest BCUT2D eigenvalue weighted by atomic mass is 32.2. The molecule has 1 N–H and O–H groups in total. The number of nitrogens with one attached hydrogen (secondary N) is 1. The Bertz CT molecular complexity index is 347. The average molecular weight is 346 g/mol. The molecule has 23 heavy (non-hydrogen) atoms.